The molecule has 2 nitrogen and oxygen atoms in total. The molecule has 1 heterocycles. The molecule has 0 saturated carbocycles. The van der Waals surface area contributed by atoms with E-state index >= 15 is 0 Å². The Bertz CT molecular complexity index is 345. The zero-order valence-electron chi connectivity index (χ0n) is 10.9. The fourth-order valence-electron chi connectivity index (χ4n) is 2.59. The van der Waals surface area contributed by atoms with Gasteiger partial charge in [0.1, 0.15) is 0 Å². The Labute approximate surface area is 104 Å². The average molecular weight is 233 g/mol. The third-order valence-corrected chi connectivity index (χ3v) is 3.59. The van der Waals surface area contributed by atoms with Gasteiger partial charge in [-0.2, -0.15) is 0 Å². The molecule has 0 spiro atoms. The van der Waals surface area contributed by atoms with Crippen molar-refractivity contribution in [2.45, 2.75) is 44.8 Å². The highest BCUT2D eigenvalue weighted by Gasteiger charge is 2.18. The maximum Gasteiger partial charge on any atom is 0.0576 e. The molecule has 1 saturated heterocycles. The molecule has 2 unspecified atom stereocenters. The van der Waals surface area contributed by atoms with Crippen LogP contribution in [0.4, 0.5) is 0 Å². The molecule has 1 aromatic carbocycles. The van der Waals surface area contributed by atoms with Gasteiger partial charge >= 0.3 is 0 Å². The van der Waals surface area contributed by atoms with Gasteiger partial charge in [-0.05, 0) is 45.2 Å². The predicted octanol–water partition coefficient (Wildman–Crippen LogP) is 3.21. The Morgan fingerprint density at radius 2 is 2.35 bits per heavy atom. The SMILES string of the molecule is CNC(CCC1CCCO1)c1cccc(C)c1. The van der Waals surface area contributed by atoms with Crippen LogP contribution in [-0.2, 0) is 4.74 Å². The quantitative estimate of drug-likeness (QED) is 0.843. The standard InChI is InChI=1S/C15H23NO/c1-12-5-3-6-13(11-12)15(16-2)9-8-14-7-4-10-17-14/h3,5-6,11,14-16H,4,7-10H2,1-2H3. The lowest BCUT2D eigenvalue weighted by atomic mass is 9.98. The molecule has 2 heteroatoms. The number of hydrogen-bond acceptors (Lipinski definition) is 2. The summed E-state index contributed by atoms with van der Waals surface area (Å²) in [6.45, 7) is 3.11. The number of hydrogen-bond donors (Lipinski definition) is 1. The van der Waals surface area contributed by atoms with E-state index in [2.05, 4.69) is 36.5 Å². The molecular formula is C15H23NO. The highest BCUT2D eigenvalue weighted by Crippen LogP contribution is 2.24. The van der Waals surface area contributed by atoms with E-state index in [1.807, 2.05) is 7.05 Å². The average Bonchev–Trinajstić information content (AvgIpc) is 2.83. The summed E-state index contributed by atoms with van der Waals surface area (Å²) < 4.78 is 5.68. The maximum atomic E-state index is 5.68. The van der Waals surface area contributed by atoms with E-state index in [9.17, 15) is 0 Å². The summed E-state index contributed by atoms with van der Waals surface area (Å²) in [5.41, 5.74) is 2.73. The number of nitrogens with one attached hydrogen (secondary N) is 1. The van der Waals surface area contributed by atoms with Crippen LogP contribution >= 0.6 is 0 Å². The lowest BCUT2D eigenvalue weighted by Gasteiger charge is -2.19. The van der Waals surface area contributed by atoms with Crippen LogP contribution in [0.15, 0.2) is 24.3 Å². The highest BCUT2D eigenvalue weighted by atomic mass is 16.5. The fourth-order valence-corrected chi connectivity index (χ4v) is 2.59. The minimum absolute atomic E-state index is 0.457. The predicted molar refractivity (Wildman–Crippen MR) is 71.2 cm³/mol. The minimum atomic E-state index is 0.457. The van der Waals surface area contributed by atoms with E-state index in [-0.39, 0.29) is 0 Å². The van der Waals surface area contributed by atoms with Gasteiger partial charge < -0.3 is 10.1 Å². The zero-order valence-corrected chi connectivity index (χ0v) is 10.9. The Balaban J connectivity index is 1.91. The van der Waals surface area contributed by atoms with Crippen molar-refractivity contribution in [3.8, 4) is 0 Å². The second-order valence-corrected chi connectivity index (χ2v) is 4.97. The second-order valence-electron chi connectivity index (χ2n) is 4.97. The summed E-state index contributed by atoms with van der Waals surface area (Å²) in [6, 6.07) is 9.23. The lowest BCUT2D eigenvalue weighted by Crippen LogP contribution is -2.18. The van der Waals surface area contributed by atoms with Gasteiger partial charge in [0.15, 0.2) is 0 Å². The number of aryl methyl sites for hydroxylation is 1. The number of benzene rings is 1. The van der Waals surface area contributed by atoms with Crippen LogP contribution in [0, 0.1) is 6.92 Å². The van der Waals surface area contributed by atoms with Crippen molar-refractivity contribution in [3.05, 3.63) is 35.4 Å². The van der Waals surface area contributed by atoms with E-state index in [4.69, 9.17) is 4.74 Å². The first-order chi connectivity index (χ1) is 8.29. The number of ether oxygens (including phenoxy) is 1. The van der Waals surface area contributed by atoms with E-state index < -0.39 is 0 Å². The monoisotopic (exact) mass is 233 g/mol. The van der Waals surface area contributed by atoms with Crippen LogP contribution in [-0.4, -0.2) is 19.8 Å². The molecule has 2 rings (SSSR count). The number of rotatable bonds is 5. The van der Waals surface area contributed by atoms with Gasteiger partial charge in [-0.3, -0.25) is 0 Å². The van der Waals surface area contributed by atoms with Gasteiger partial charge in [-0.1, -0.05) is 29.8 Å². The normalized spacial score (nSPS) is 21.6. The second kappa shape index (κ2) is 6.18. The fraction of sp³-hybridized carbons (Fsp3) is 0.600. The first-order valence-corrected chi connectivity index (χ1v) is 6.65. The molecule has 1 fully saturated rings. The minimum Gasteiger partial charge on any atom is -0.378 e. The van der Waals surface area contributed by atoms with Crippen molar-refractivity contribution in [2.75, 3.05) is 13.7 Å². The molecule has 1 N–H and O–H groups in total. The molecule has 0 aromatic heterocycles. The van der Waals surface area contributed by atoms with Crippen LogP contribution < -0.4 is 5.32 Å². The Morgan fingerprint density at radius 3 is 3.00 bits per heavy atom. The van der Waals surface area contributed by atoms with Gasteiger partial charge in [0.05, 0.1) is 6.10 Å². The third-order valence-electron chi connectivity index (χ3n) is 3.59. The third kappa shape index (κ3) is 3.55. The molecule has 0 aliphatic carbocycles. The van der Waals surface area contributed by atoms with Crippen LogP contribution in [0.5, 0.6) is 0 Å². The van der Waals surface area contributed by atoms with Gasteiger partial charge in [-0.25, -0.2) is 0 Å². The van der Waals surface area contributed by atoms with Crippen molar-refractivity contribution in [3.63, 3.8) is 0 Å². The summed E-state index contributed by atoms with van der Waals surface area (Å²) in [4.78, 5) is 0. The summed E-state index contributed by atoms with van der Waals surface area (Å²) in [5.74, 6) is 0. The van der Waals surface area contributed by atoms with Crippen LogP contribution in [0.25, 0.3) is 0 Å². The molecule has 1 aliphatic heterocycles. The molecule has 0 amide bonds. The summed E-state index contributed by atoms with van der Waals surface area (Å²) in [7, 11) is 2.04. The zero-order chi connectivity index (χ0) is 12.1. The smallest absolute Gasteiger partial charge is 0.0576 e. The van der Waals surface area contributed by atoms with Gasteiger partial charge in [-0.15, -0.1) is 0 Å². The van der Waals surface area contributed by atoms with Gasteiger partial charge in [0, 0.05) is 12.6 Å². The van der Waals surface area contributed by atoms with Crippen molar-refractivity contribution in [1.29, 1.82) is 0 Å². The first kappa shape index (κ1) is 12.6. The van der Waals surface area contributed by atoms with Crippen LogP contribution in [0.3, 0.4) is 0 Å². The van der Waals surface area contributed by atoms with Crippen LogP contribution in [0.2, 0.25) is 0 Å². The van der Waals surface area contributed by atoms with E-state index in [1.165, 1.54) is 30.4 Å². The summed E-state index contributed by atoms with van der Waals surface area (Å²) in [6.07, 6.45) is 5.30. The van der Waals surface area contributed by atoms with Crippen molar-refractivity contribution in [1.82, 2.24) is 5.32 Å². The molecule has 1 aromatic rings. The van der Waals surface area contributed by atoms with Crippen molar-refractivity contribution >= 4 is 0 Å². The summed E-state index contributed by atoms with van der Waals surface area (Å²) in [5, 5.41) is 3.41. The topological polar surface area (TPSA) is 21.3 Å². The van der Waals surface area contributed by atoms with Crippen LogP contribution in [0.1, 0.15) is 42.9 Å². The van der Waals surface area contributed by atoms with Gasteiger partial charge in [0.2, 0.25) is 0 Å². The molecule has 94 valence electrons. The Kier molecular flexibility index (Phi) is 4.57. The largest absolute Gasteiger partial charge is 0.378 e. The maximum absolute atomic E-state index is 5.68. The van der Waals surface area contributed by atoms with E-state index in [0.29, 0.717) is 12.1 Å². The molecule has 2 atom stereocenters. The molecule has 17 heavy (non-hydrogen) atoms. The lowest BCUT2D eigenvalue weighted by molar-refractivity contribution is 0.0998. The van der Waals surface area contributed by atoms with E-state index in [0.717, 1.165) is 13.0 Å². The Morgan fingerprint density at radius 1 is 1.47 bits per heavy atom. The Hall–Kier alpha value is -0.860. The van der Waals surface area contributed by atoms with Crippen molar-refractivity contribution in [2.24, 2.45) is 0 Å². The molecule has 0 radical (unpaired) electrons. The first-order valence-electron chi connectivity index (χ1n) is 6.65. The molecular weight excluding hydrogens is 210 g/mol. The highest BCUT2D eigenvalue weighted by molar-refractivity contribution is 5.25. The van der Waals surface area contributed by atoms with Gasteiger partial charge in [0.25, 0.3) is 0 Å². The molecule has 1 aliphatic rings. The van der Waals surface area contributed by atoms with Crippen molar-refractivity contribution < 1.29 is 4.74 Å². The molecule has 0 bridgehead atoms. The summed E-state index contributed by atoms with van der Waals surface area (Å²) >= 11 is 0. The van der Waals surface area contributed by atoms with E-state index in [1.54, 1.807) is 0 Å².